The lowest BCUT2D eigenvalue weighted by Crippen LogP contribution is -2.39. The quantitative estimate of drug-likeness (QED) is 0.888. The van der Waals surface area contributed by atoms with Gasteiger partial charge < -0.3 is 10.2 Å². The summed E-state index contributed by atoms with van der Waals surface area (Å²) in [4.78, 5) is 25.7. The average molecular weight is 337 g/mol. The van der Waals surface area contributed by atoms with Crippen LogP contribution in [0.1, 0.15) is 51.0 Å². The second kappa shape index (κ2) is 8.34. The van der Waals surface area contributed by atoms with Gasteiger partial charge in [0, 0.05) is 36.6 Å². The van der Waals surface area contributed by atoms with E-state index >= 15 is 0 Å². The van der Waals surface area contributed by atoms with Crippen LogP contribution >= 0.6 is 11.6 Å². The topological polar surface area (TPSA) is 49.4 Å². The van der Waals surface area contributed by atoms with Gasteiger partial charge in [0.15, 0.2) is 0 Å². The standard InChI is InChI=1S/C18H25ClN2O2/c1-13-16(19)9-6-10-17(13)21(14(2)22)12-11-18(23)20-15-7-4-3-5-8-15/h6,9-10,15H,3-5,7-8,11-12H2,1-2H3,(H,20,23). The Balaban J connectivity index is 1.96. The minimum Gasteiger partial charge on any atom is -0.353 e. The molecule has 0 unspecified atom stereocenters. The Morgan fingerprint density at radius 3 is 2.61 bits per heavy atom. The largest absolute Gasteiger partial charge is 0.353 e. The molecule has 1 saturated carbocycles. The fourth-order valence-corrected chi connectivity index (χ4v) is 3.27. The van der Waals surface area contributed by atoms with Crippen molar-refractivity contribution < 1.29 is 9.59 Å². The first-order chi connectivity index (χ1) is 11.0. The Hall–Kier alpha value is -1.55. The summed E-state index contributed by atoms with van der Waals surface area (Å²) in [6.45, 7) is 3.77. The second-order valence-corrected chi connectivity index (χ2v) is 6.61. The Bertz CT molecular complexity index is 568. The van der Waals surface area contributed by atoms with Crippen LogP contribution in [0.5, 0.6) is 0 Å². The van der Waals surface area contributed by atoms with Crippen molar-refractivity contribution in [2.45, 2.75) is 58.4 Å². The van der Waals surface area contributed by atoms with Crippen molar-refractivity contribution in [3.63, 3.8) is 0 Å². The number of hydrogen-bond acceptors (Lipinski definition) is 2. The Labute approximate surface area is 143 Å². The van der Waals surface area contributed by atoms with E-state index in [9.17, 15) is 9.59 Å². The maximum Gasteiger partial charge on any atom is 0.223 e. The third-order valence-corrected chi connectivity index (χ3v) is 4.85. The SMILES string of the molecule is CC(=O)N(CCC(=O)NC1CCCCC1)c1cccc(Cl)c1C. The van der Waals surface area contributed by atoms with Crippen LogP contribution in [0.4, 0.5) is 5.69 Å². The molecule has 0 aliphatic heterocycles. The minimum absolute atomic E-state index is 0.0165. The van der Waals surface area contributed by atoms with Gasteiger partial charge in [-0.1, -0.05) is 36.9 Å². The molecule has 4 nitrogen and oxygen atoms in total. The average Bonchev–Trinajstić information content (AvgIpc) is 2.52. The zero-order valence-electron chi connectivity index (χ0n) is 13.9. The van der Waals surface area contributed by atoms with Crippen molar-refractivity contribution >= 4 is 29.1 Å². The summed E-state index contributed by atoms with van der Waals surface area (Å²) in [6.07, 6.45) is 6.07. The summed E-state index contributed by atoms with van der Waals surface area (Å²) < 4.78 is 0. The van der Waals surface area contributed by atoms with Gasteiger partial charge >= 0.3 is 0 Å². The number of anilines is 1. The molecule has 2 amide bonds. The van der Waals surface area contributed by atoms with Crippen molar-refractivity contribution in [1.29, 1.82) is 0 Å². The molecule has 5 heteroatoms. The van der Waals surface area contributed by atoms with Crippen LogP contribution in [0, 0.1) is 6.92 Å². The highest BCUT2D eigenvalue weighted by molar-refractivity contribution is 6.31. The summed E-state index contributed by atoms with van der Waals surface area (Å²) in [5, 5.41) is 3.71. The molecule has 0 radical (unpaired) electrons. The van der Waals surface area contributed by atoms with Crippen LogP contribution in [0.15, 0.2) is 18.2 Å². The third-order valence-electron chi connectivity index (χ3n) is 4.44. The molecule has 0 spiro atoms. The molecule has 126 valence electrons. The zero-order valence-corrected chi connectivity index (χ0v) is 14.7. The predicted octanol–water partition coefficient (Wildman–Crippen LogP) is 3.84. The zero-order chi connectivity index (χ0) is 16.8. The molecule has 1 fully saturated rings. The molecule has 1 N–H and O–H groups in total. The molecule has 0 saturated heterocycles. The lowest BCUT2D eigenvalue weighted by atomic mass is 9.95. The van der Waals surface area contributed by atoms with Crippen LogP contribution in [0.3, 0.4) is 0 Å². The molecule has 1 aromatic rings. The highest BCUT2D eigenvalue weighted by Crippen LogP contribution is 2.27. The molecule has 1 aliphatic carbocycles. The van der Waals surface area contributed by atoms with E-state index in [0.717, 1.165) is 24.1 Å². The maximum atomic E-state index is 12.1. The van der Waals surface area contributed by atoms with Crippen LogP contribution in [0.2, 0.25) is 5.02 Å². The molecular weight excluding hydrogens is 312 g/mol. The number of nitrogens with one attached hydrogen (secondary N) is 1. The normalized spacial score (nSPS) is 15.3. The summed E-state index contributed by atoms with van der Waals surface area (Å²) in [5.41, 5.74) is 1.63. The number of halogens is 1. The fourth-order valence-electron chi connectivity index (χ4n) is 3.10. The Kier molecular flexibility index (Phi) is 6.46. The van der Waals surface area contributed by atoms with Gasteiger partial charge in [-0.15, -0.1) is 0 Å². The van der Waals surface area contributed by atoms with Crippen LogP contribution in [-0.4, -0.2) is 24.4 Å². The number of amides is 2. The van der Waals surface area contributed by atoms with E-state index in [2.05, 4.69) is 5.32 Å². The molecule has 1 aliphatic rings. The molecule has 0 bridgehead atoms. The number of carbonyl (C=O) groups is 2. The number of benzene rings is 1. The van der Waals surface area contributed by atoms with E-state index in [-0.39, 0.29) is 11.8 Å². The molecule has 0 aromatic heterocycles. The first-order valence-electron chi connectivity index (χ1n) is 8.31. The molecule has 23 heavy (non-hydrogen) atoms. The van der Waals surface area contributed by atoms with Gasteiger partial charge in [-0.2, -0.15) is 0 Å². The molecular formula is C18H25ClN2O2. The van der Waals surface area contributed by atoms with Crippen LogP contribution < -0.4 is 10.2 Å². The predicted molar refractivity (Wildman–Crippen MR) is 93.8 cm³/mol. The molecule has 2 rings (SSSR count). The van der Waals surface area contributed by atoms with Gasteiger partial charge in [0.2, 0.25) is 11.8 Å². The highest BCUT2D eigenvalue weighted by Gasteiger charge is 2.19. The summed E-state index contributed by atoms with van der Waals surface area (Å²) in [5.74, 6) is -0.0661. The lowest BCUT2D eigenvalue weighted by molar-refractivity contribution is -0.121. The number of hydrogen-bond donors (Lipinski definition) is 1. The summed E-state index contributed by atoms with van der Waals surface area (Å²) >= 11 is 6.14. The van der Waals surface area contributed by atoms with Crippen molar-refractivity contribution in [3.8, 4) is 0 Å². The second-order valence-electron chi connectivity index (χ2n) is 6.21. The summed E-state index contributed by atoms with van der Waals surface area (Å²) in [6, 6.07) is 5.79. The van der Waals surface area contributed by atoms with Gasteiger partial charge in [-0.3, -0.25) is 9.59 Å². The van der Waals surface area contributed by atoms with Gasteiger partial charge in [0.05, 0.1) is 0 Å². The highest BCUT2D eigenvalue weighted by atomic mass is 35.5. The monoisotopic (exact) mass is 336 g/mol. The van der Waals surface area contributed by atoms with Crippen LogP contribution in [0.25, 0.3) is 0 Å². The van der Waals surface area contributed by atoms with Crippen molar-refractivity contribution in [2.24, 2.45) is 0 Å². The number of carbonyl (C=O) groups excluding carboxylic acids is 2. The van der Waals surface area contributed by atoms with E-state index in [4.69, 9.17) is 11.6 Å². The Morgan fingerprint density at radius 1 is 1.26 bits per heavy atom. The lowest BCUT2D eigenvalue weighted by Gasteiger charge is -2.25. The third kappa shape index (κ3) is 4.96. The van der Waals surface area contributed by atoms with Crippen molar-refractivity contribution in [2.75, 3.05) is 11.4 Å². The van der Waals surface area contributed by atoms with Gasteiger partial charge in [-0.05, 0) is 37.5 Å². The molecule has 0 heterocycles. The first-order valence-corrected chi connectivity index (χ1v) is 8.69. The van der Waals surface area contributed by atoms with E-state index in [0.29, 0.717) is 24.0 Å². The summed E-state index contributed by atoms with van der Waals surface area (Å²) in [7, 11) is 0. The molecule has 0 atom stereocenters. The minimum atomic E-state index is -0.0826. The van der Waals surface area contributed by atoms with E-state index in [1.807, 2.05) is 19.1 Å². The Morgan fingerprint density at radius 2 is 1.96 bits per heavy atom. The van der Waals surface area contributed by atoms with Crippen molar-refractivity contribution in [1.82, 2.24) is 5.32 Å². The van der Waals surface area contributed by atoms with E-state index in [1.54, 1.807) is 11.0 Å². The van der Waals surface area contributed by atoms with E-state index < -0.39 is 0 Å². The van der Waals surface area contributed by atoms with Gasteiger partial charge in [-0.25, -0.2) is 0 Å². The van der Waals surface area contributed by atoms with Gasteiger partial charge in [0.25, 0.3) is 0 Å². The first kappa shape index (κ1) is 17.8. The van der Waals surface area contributed by atoms with E-state index in [1.165, 1.54) is 26.2 Å². The molecule has 1 aromatic carbocycles. The fraction of sp³-hybridized carbons (Fsp3) is 0.556. The number of rotatable bonds is 5. The number of nitrogens with zero attached hydrogens (tertiary/aromatic N) is 1. The van der Waals surface area contributed by atoms with Gasteiger partial charge in [0.1, 0.15) is 0 Å². The van der Waals surface area contributed by atoms with Crippen LogP contribution in [-0.2, 0) is 9.59 Å². The smallest absolute Gasteiger partial charge is 0.223 e. The van der Waals surface area contributed by atoms with Crippen molar-refractivity contribution in [3.05, 3.63) is 28.8 Å². The maximum absolute atomic E-state index is 12.1.